The van der Waals surface area contributed by atoms with Crippen LogP contribution in [0.5, 0.6) is 0 Å². The summed E-state index contributed by atoms with van der Waals surface area (Å²) in [5.74, 6) is 0. The van der Waals surface area contributed by atoms with Crippen LogP contribution in [0.1, 0.15) is 12.0 Å². The van der Waals surface area contributed by atoms with Gasteiger partial charge in [-0.15, -0.1) is 0 Å². The Kier molecular flexibility index (Phi) is 2.45. The van der Waals surface area contributed by atoms with Crippen molar-refractivity contribution in [3.05, 3.63) is 36.0 Å². The van der Waals surface area contributed by atoms with Gasteiger partial charge in [0.25, 0.3) is 0 Å². The lowest BCUT2D eigenvalue weighted by atomic mass is 9.93. The zero-order valence-electron chi connectivity index (χ0n) is 10.1. The third-order valence-corrected chi connectivity index (χ3v) is 3.72. The van der Waals surface area contributed by atoms with Crippen molar-refractivity contribution in [2.75, 3.05) is 13.1 Å². The van der Waals surface area contributed by atoms with Gasteiger partial charge < -0.3 is 15.0 Å². The van der Waals surface area contributed by atoms with Crippen LogP contribution in [-0.4, -0.2) is 28.4 Å². The van der Waals surface area contributed by atoms with Gasteiger partial charge in [-0.3, -0.25) is 0 Å². The first kappa shape index (κ1) is 10.8. The first-order valence-electron chi connectivity index (χ1n) is 6.14. The fourth-order valence-corrected chi connectivity index (χ4v) is 2.82. The molecule has 17 heavy (non-hydrogen) atoms. The Bertz CT molecular complexity index is 538. The van der Waals surface area contributed by atoms with Crippen LogP contribution in [0.15, 0.2) is 30.5 Å². The quantitative estimate of drug-likeness (QED) is 0.819. The molecule has 90 valence electrons. The first-order chi connectivity index (χ1) is 8.18. The number of aliphatic hydroxyl groups is 1. The number of para-hydroxylation sites is 1. The lowest BCUT2D eigenvalue weighted by molar-refractivity contribution is 0.0621. The number of nitrogens with one attached hydrogen (secondary N) is 1. The van der Waals surface area contributed by atoms with E-state index >= 15 is 0 Å². The van der Waals surface area contributed by atoms with Gasteiger partial charge in [-0.2, -0.15) is 0 Å². The molecular formula is C14H18N2O. The van der Waals surface area contributed by atoms with E-state index in [0.717, 1.165) is 19.4 Å². The molecule has 0 saturated carbocycles. The molecule has 2 heterocycles. The molecule has 3 rings (SSSR count). The third kappa shape index (κ3) is 1.85. The number of fused-ring (bicyclic) bond motifs is 1. The van der Waals surface area contributed by atoms with Crippen LogP contribution in [0.3, 0.4) is 0 Å². The molecule has 0 spiro atoms. The summed E-state index contributed by atoms with van der Waals surface area (Å²) in [7, 11) is 2.06. The Labute approximate surface area is 101 Å². The average Bonchev–Trinajstić information content (AvgIpc) is 2.87. The van der Waals surface area contributed by atoms with Crippen LogP contribution < -0.4 is 5.32 Å². The van der Waals surface area contributed by atoms with Crippen LogP contribution in [0.2, 0.25) is 0 Å². The van der Waals surface area contributed by atoms with Gasteiger partial charge in [0.1, 0.15) is 0 Å². The molecule has 2 aromatic rings. The van der Waals surface area contributed by atoms with Gasteiger partial charge in [0.2, 0.25) is 0 Å². The molecule has 1 atom stereocenters. The number of benzene rings is 1. The van der Waals surface area contributed by atoms with Crippen molar-refractivity contribution in [2.45, 2.75) is 18.4 Å². The summed E-state index contributed by atoms with van der Waals surface area (Å²) in [5.41, 5.74) is 1.91. The maximum atomic E-state index is 10.5. The molecular weight excluding hydrogens is 212 g/mol. The topological polar surface area (TPSA) is 37.2 Å². The molecule has 3 nitrogen and oxygen atoms in total. The molecule has 1 aromatic heterocycles. The fourth-order valence-electron chi connectivity index (χ4n) is 2.82. The molecule has 0 bridgehead atoms. The van der Waals surface area contributed by atoms with Crippen LogP contribution in [0.25, 0.3) is 10.9 Å². The monoisotopic (exact) mass is 230 g/mol. The van der Waals surface area contributed by atoms with E-state index in [1.165, 1.54) is 16.5 Å². The van der Waals surface area contributed by atoms with E-state index in [1.54, 1.807) is 0 Å². The summed E-state index contributed by atoms with van der Waals surface area (Å²) >= 11 is 0. The Morgan fingerprint density at radius 3 is 3.06 bits per heavy atom. The van der Waals surface area contributed by atoms with Crippen LogP contribution in [0, 0.1) is 0 Å². The largest absolute Gasteiger partial charge is 0.388 e. The second kappa shape index (κ2) is 3.86. The smallest absolute Gasteiger partial charge is 0.0824 e. The van der Waals surface area contributed by atoms with Gasteiger partial charge in [-0.1, -0.05) is 18.2 Å². The molecule has 0 radical (unpaired) electrons. The summed E-state index contributed by atoms with van der Waals surface area (Å²) in [4.78, 5) is 0. The zero-order valence-corrected chi connectivity index (χ0v) is 10.1. The minimum atomic E-state index is -0.571. The molecule has 0 amide bonds. The summed E-state index contributed by atoms with van der Waals surface area (Å²) in [6.45, 7) is 1.62. The predicted molar refractivity (Wildman–Crippen MR) is 69.1 cm³/mol. The summed E-state index contributed by atoms with van der Waals surface area (Å²) in [6.07, 6.45) is 3.65. The van der Waals surface area contributed by atoms with E-state index in [-0.39, 0.29) is 0 Å². The van der Waals surface area contributed by atoms with E-state index < -0.39 is 5.60 Å². The minimum absolute atomic E-state index is 0.571. The Morgan fingerprint density at radius 2 is 2.29 bits per heavy atom. The Morgan fingerprint density at radius 1 is 1.41 bits per heavy atom. The maximum Gasteiger partial charge on any atom is 0.0824 e. The number of nitrogens with zero attached hydrogens (tertiary/aromatic N) is 1. The van der Waals surface area contributed by atoms with E-state index in [0.29, 0.717) is 6.54 Å². The summed E-state index contributed by atoms with van der Waals surface area (Å²) < 4.78 is 2.14. The lowest BCUT2D eigenvalue weighted by Crippen LogP contribution is -2.33. The van der Waals surface area contributed by atoms with Crippen molar-refractivity contribution in [2.24, 2.45) is 7.05 Å². The first-order valence-corrected chi connectivity index (χ1v) is 6.14. The highest BCUT2D eigenvalue weighted by Gasteiger charge is 2.31. The predicted octanol–water partition coefficient (Wildman–Crippen LogP) is 1.45. The van der Waals surface area contributed by atoms with Crippen LogP contribution in [-0.2, 0) is 13.5 Å². The highest BCUT2D eigenvalue weighted by Crippen LogP contribution is 2.26. The van der Waals surface area contributed by atoms with Crippen molar-refractivity contribution < 1.29 is 5.11 Å². The average molecular weight is 230 g/mol. The van der Waals surface area contributed by atoms with Gasteiger partial charge >= 0.3 is 0 Å². The fraction of sp³-hybridized carbons (Fsp3) is 0.429. The SMILES string of the molecule is Cn1ccc2cccc(CC3(O)CCNC3)c21. The number of aromatic nitrogens is 1. The highest BCUT2D eigenvalue weighted by molar-refractivity contribution is 5.83. The number of hydrogen-bond donors (Lipinski definition) is 2. The molecule has 1 saturated heterocycles. The lowest BCUT2D eigenvalue weighted by Gasteiger charge is -2.22. The van der Waals surface area contributed by atoms with Gasteiger partial charge in [0.05, 0.1) is 11.1 Å². The molecule has 1 aliphatic heterocycles. The number of hydrogen-bond acceptors (Lipinski definition) is 2. The number of rotatable bonds is 2. The molecule has 3 heteroatoms. The van der Waals surface area contributed by atoms with Gasteiger partial charge in [0, 0.05) is 26.2 Å². The molecule has 0 aliphatic carbocycles. The van der Waals surface area contributed by atoms with Crippen LogP contribution >= 0.6 is 0 Å². The van der Waals surface area contributed by atoms with Crippen molar-refractivity contribution in [3.8, 4) is 0 Å². The van der Waals surface area contributed by atoms with Gasteiger partial charge in [0.15, 0.2) is 0 Å². The second-order valence-corrected chi connectivity index (χ2v) is 5.11. The van der Waals surface area contributed by atoms with Gasteiger partial charge in [-0.25, -0.2) is 0 Å². The van der Waals surface area contributed by atoms with Gasteiger partial charge in [-0.05, 0) is 30.0 Å². The van der Waals surface area contributed by atoms with Crippen LogP contribution in [0.4, 0.5) is 0 Å². The maximum absolute atomic E-state index is 10.5. The van der Waals surface area contributed by atoms with E-state index in [2.05, 4.69) is 47.4 Å². The zero-order chi connectivity index (χ0) is 11.9. The highest BCUT2D eigenvalue weighted by atomic mass is 16.3. The molecule has 1 unspecified atom stereocenters. The Balaban J connectivity index is 2.02. The molecule has 1 fully saturated rings. The van der Waals surface area contributed by atoms with Crippen molar-refractivity contribution >= 4 is 10.9 Å². The number of aryl methyl sites for hydroxylation is 1. The normalized spacial score (nSPS) is 24.6. The standard InChI is InChI=1S/C14H18N2O/c1-16-8-5-11-3-2-4-12(13(11)16)9-14(17)6-7-15-10-14/h2-5,8,15,17H,6-7,9-10H2,1H3. The summed E-state index contributed by atoms with van der Waals surface area (Å²) in [6, 6.07) is 8.44. The third-order valence-electron chi connectivity index (χ3n) is 3.72. The Hall–Kier alpha value is -1.32. The van der Waals surface area contributed by atoms with Crippen molar-refractivity contribution in [3.63, 3.8) is 0 Å². The molecule has 1 aromatic carbocycles. The minimum Gasteiger partial charge on any atom is -0.388 e. The van der Waals surface area contributed by atoms with Crippen molar-refractivity contribution in [1.82, 2.24) is 9.88 Å². The second-order valence-electron chi connectivity index (χ2n) is 5.11. The number of β-amino-alcohol motifs (C(OH)–C–C–N with tert-alkyl or cyclic N) is 1. The van der Waals surface area contributed by atoms with E-state index in [1.807, 2.05) is 0 Å². The van der Waals surface area contributed by atoms with E-state index in [9.17, 15) is 5.11 Å². The summed E-state index contributed by atoms with van der Waals surface area (Å²) in [5, 5.41) is 14.9. The molecule has 1 aliphatic rings. The van der Waals surface area contributed by atoms with Crippen molar-refractivity contribution in [1.29, 1.82) is 0 Å². The van der Waals surface area contributed by atoms with E-state index in [4.69, 9.17) is 0 Å². The molecule has 2 N–H and O–H groups in total.